The van der Waals surface area contributed by atoms with Gasteiger partial charge in [0.15, 0.2) is 0 Å². The number of aromatic nitrogens is 1. The minimum atomic E-state index is -0.550. The van der Waals surface area contributed by atoms with Crippen LogP contribution < -0.4 is 5.73 Å². The third-order valence-electron chi connectivity index (χ3n) is 1.44. The zero-order valence-electron chi connectivity index (χ0n) is 7.46. The Bertz CT molecular complexity index is 393. The van der Waals surface area contributed by atoms with Crippen molar-refractivity contribution in [1.29, 1.82) is 0 Å². The van der Waals surface area contributed by atoms with Crippen LogP contribution in [-0.4, -0.2) is 16.8 Å². The summed E-state index contributed by atoms with van der Waals surface area (Å²) in [5.41, 5.74) is 5.83. The summed E-state index contributed by atoms with van der Waals surface area (Å²) in [6, 6.07) is 4.96. The first kappa shape index (κ1) is 10.6. The summed E-state index contributed by atoms with van der Waals surface area (Å²) < 4.78 is 0. The Morgan fingerprint density at radius 1 is 1.57 bits per heavy atom. The lowest BCUT2D eigenvalue weighted by atomic mass is 10.3. The van der Waals surface area contributed by atoms with Crippen LogP contribution in [0.3, 0.4) is 0 Å². The van der Waals surface area contributed by atoms with E-state index in [1.165, 1.54) is 0 Å². The second kappa shape index (κ2) is 5.25. The van der Waals surface area contributed by atoms with E-state index in [1.807, 2.05) is 0 Å². The Morgan fingerprint density at radius 3 is 3.00 bits per heavy atom. The van der Waals surface area contributed by atoms with Crippen molar-refractivity contribution in [2.45, 2.75) is 6.42 Å². The smallest absolute Gasteiger partial charge is 0.267 e. The molecule has 72 valence electrons. The molecule has 0 aliphatic carbocycles. The van der Waals surface area contributed by atoms with Crippen LogP contribution >= 0.6 is 11.6 Å². The SMILES string of the molecule is NC(=O)c1cccc(C#CCCCl)n1. The molecule has 0 spiro atoms. The number of rotatable bonds is 2. The molecule has 0 saturated heterocycles. The van der Waals surface area contributed by atoms with E-state index in [0.29, 0.717) is 18.0 Å². The van der Waals surface area contributed by atoms with Crippen molar-refractivity contribution in [1.82, 2.24) is 4.98 Å². The van der Waals surface area contributed by atoms with Crippen LogP contribution in [0.15, 0.2) is 18.2 Å². The number of amides is 1. The van der Waals surface area contributed by atoms with Gasteiger partial charge in [0.05, 0.1) is 0 Å². The van der Waals surface area contributed by atoms with E-state index in [0.717, 1.165) is 0 Å². The monoisotopic (exact) mass is 208 g/mol. The van der Waals surface area contributed by atoms with Gasteiger partial charge >= 0.3 is 0 Å². The van der Waals surface area contributed by atoms with E-state index >= 15 is 0 Å². The molecule has 1 amide bonds. The summed E-state index contributed by atoms with van der Waals surface area (Å²) >= 11 is 5.45. The van der Waals surface area contributed by atoms with Crippen LogP contribution in [0.5, 0.6) is 0 Å². The zero-order valence-corrected chi connectivity index (χ0v) is 8.21. The van der Waals surface area contributed by atoms with Gasteiger partial charge in [-0.15, -0.1) is 11.6 Å². The summed E-state index contributed by atoms with van der Waals surface area (Å²) in [6.07, 6.45) is 0.601. The third kappa shape index (κ3) is 3.08. The van der Waals surface area contributed by atoms with Gasteiger partial charge in [0, 0.05) is 12.3 Å². The second-order valence-corrected chi connectivity index (χ2v) is 2.89. The standard InChI is InChI=1S/C10H9ClN2O/c11-7-2-1-4-8-5-3-6-9(13-8)10(12)14/h3,5-6H,2,7H2,(H2,12,14). The fraction of sp³-hybridized carbons (Fsp3) is 0.200. The molecule has 0 fully saturated rings. The van der Waals surface area contributed by atoms with Gasteiger partial charge in [-0.1, -0.05) is 12.0 Å². The van der Waals surface area contributed by atoms with Crippen LogP contribution in [0.1, 0.15) is 22.6 Å². The Morgan fingerprint density at radius 2 is 2.36 bits per heavy atom. The molecule has 0 atom stereocenters. The lowest BCUT2D eigenvalue weighted by Crippen LogP contribution is -2.13. The average molecular weight is 209 g/mol. The van der Waals surface area contributed by atoms with Crippen molar-refractivity contribution < 1.29 is 4.79 Å². The van der Waals surface area contributed by atoms with Gasteiger partial charge in [0.2, 0.25) is 0 Å². The first-order valence-electron chi connectivity index (χ1n) is 4.05. The van der Waals surface area contributed by atoms with E-state index in [-0.39, 0.29) is 5.69 Å². The summed E-state index contributed by atoms with van der Waals surface area (Å²) in [4.78, 5) is 14.7. The number of nitrogens with two attached hydrogens (primary N) is 1. The minimum absolute atomic E-state index is 0.225. The van der Waals surface area contributed by atoms with Crippen molar-refractivity contribution in [2.24, 2.45) is 5.73 Å². The maximum Gasteiger partial charge on any atom is 0.267 e. The number of carbonyl (C=O) groups is 1. The third-order valence-corrected chi connectivity index (χ3v) is 1.63. The lowest BCUT2D eigenvalue weighted by Gasteiger charge is -1.94. The highest BCUT2D eigenvalue weighted by atomic mass is 35.5. The van der Waals surface area contributed by atoms with Crippen molar-refractivity contribution in [2.75, 3.05) is 5.88 Å². The number of nitrogens with zero attached hydrogens (tertiary/aromatic N) is 1. The predicted molar refractivity (Wildman–Crippen MR) is 55.0 cm³/mol. The Balaban J connectivity index is 2.85. The molecule has 0 aromatic carbocycles. The quantitative estimate of drug-likeness (QED) is 0.586. The Hall–Kier alpha value is -1.53. The van der Waals surface area contributed by atoms with Crippen LogP contribution in [0.4, 0.5) is 0 Å². The maximum absolute atomic E-state index is 10.8. The molecule has 1 heterocycles. The summed E-state index contributed by atoms with van der Waals surface area (Å²) in [6.45, 7) is 0. The molecule has 1 rings (SSSR count). The molecule has 1 aromatic rings. The number of hydrogen-bond acceptors (Lipinski definition) is 2. The summed E-state index contributed by atoms with van der Waals surface area (Å²) in [5.74, 6) is 5.55. The first-order chi connectivity index (χ1) is 6.74. The van der Waals surface area contributed by atoms with Gasteiger partial charge in [-0.25, -0.2) is 4.98 Å². The molecule has 3 nitrogen and oxygen atoms in total. The molecule has 14 heavy (non-hydrogen) atoms. The van der Waals surface area contributed by atoms with Crippen molar-refractivity contribution in [3.63, 3.8) is 0 Å². The van der Waals surface area contributed by atoms with E-state index in [2.05, 4.69) is 16.8 Å². The fourth-order valence-electron chi connectivity index (χ4n) is 0.842. The predicted octanol–water partition coefficient (Wildman–Crippen LogP) is 1.16. The molecule has 2 N–H and O–H groups in total. The number of halogens is 1. The highest BCUT2D eigenvalue weighted by Crippen LogP contribution is 1.97. The van der Waals surface area contributed by atoms with Crippen molar-refractivity contribution in [3.8, 4) is 11.8 Å². The van der Waals surface area contributed by atoms with E-state index in [9.17, 15) is 4.79 Å². The number of pyridine rings is 1. The van der Waals surface area contributed by atoms with Crippen LogP contribution in [0, 0.1) is 11.8 Å². The van der Waals surface area contributed by atoms with Crippen molar-refractivity contribution >= 4 is 17.5 Å². The molecule has 0 radical (unpaired) electrons. The highest BCUT2D eigenvalue weighted by Gasteiger charge is 2.00. The van der Waals surface area contributed by atoms with E-state index in [4.69, 9.17) is 17.3 Å². The molecule has 0 saturated carbocycles. The highest BCUT2D eigenvalue weighted by molar-refractivity contribution is 6.18. The molecule has 0 bridgehead atoms. The van der Waals surface area contributed by atoms with Crippen LogP contribution in [0.2, 0.25) is 0 Å². The molecular weight excluding hydrogens is 200 g/mol. The number of alkyl halides is 1. The number of carbonyl (C=O) groups excluding carboxylic acids is 1. The topological polar surface area (TPSA) is 56.0 Å². The number of primary amides is 1. The zero-order chi connectivity index (χ0) is 10.4. The van der Waals surface area contributed by atoms with E-state index < -0.39 is 5.91 Å². The second-order valence-electron chi connectivity index (χ2n) is 2.51. The van der Waals surface area contributed by atoms with Gasteiger partial charge in [-0.05, 0) is 18.1 Å². The van der Waals surface area contributed by atoms with Gasteiger partial charge in [-0.2, -0.15) is 0 Å². The van der Waals surface area contributed by atoms with Gasteiger partial charge < -0.3 is 5.73 Å². The molecule has 1 aromatic heterocycles. The number of hydrogen-bond donors (Lipinski definition) is 1. The van der Waals surface area contributed by atoms with Gasteiger partial charge in [0.1, 0.15) is 11.4 Å². The molecular formula is C10H9ClN2O. The van der Waals surface area contributed by atoms with Crippen LogP contribution in [0.25, 0.3) is 0 Å². The normalized spacial score (nSPS) is 8.93. The average Bonchev–Trinajstić information content (AvgIpc) is 2.19. The molecule has 0 aliphatic heterocycles. The fourth-order valence-corrected chi connectivity index (χ4v) is 0.936. The van der Waals surface area contributed by atoms with Gasteiger partial charge in [0.25, 0.3) is 5.91 Å². The van der Waals surface area contributed by atoms with Gasteiger partial charge in [-0.3, -0.25) is 4.79 Å². The largest absolute Gasteiger partial charge is 0.364 e. The molecule has 4 heteroatoms. The summed E-state index contributed by atoms with van der Waals surface area (Å²) in [7, 11) is 0. The van der Waals surface area contributed by atoms with E-state index in [1.54, 1.807) is 18.2 Å². The summed E-state index contributed by atoms with van der Waals surface area (Å²) in [5, 5.41) is 0. The van der Waals surface area contributed by atoms with Crippen LogP contribution in [-0.2, 0) is 0 Å². The minimum Gasteiger partial charge on any atom is -0.364 e. The molecule has 0 unspecified atom stereocenters. The molecule has 0 aliphatic rings. The van der Waals surface area contributed by atoms with Crippen molar-refractivity contribution in [3.05, 3.63) is 29.6 Å². The Kier molecular flexibility index (Phi) is 3.96. The lowest BCUT2D eigenvalue weighted by molar-refractivity contribution is 0.0995. The first-order valence-corrected chi connectivity index (χ1v) is 4.59. The Labute approximate surface area is 87.3 Å². The maximum atomic E-state index is 10.8.